The third-order valence-electron chi connectivity index (χ3n) is 5.42. The summed E-state index contributed by atoms with van der Waals surface area (Å²) in [6.45, 7) is 8.73. The fourth-order valence-electron chi connectivity index (χ4n) is 3.95. The molecule has 0 spiro atoms. The predicted octanol–water partition coefficient (Wildman–Crippen LogP) is 4.08. The van der Waals surface area contributed by atoms with Crippen molar-refractivity contribution in [3.8, 4) is 0 Å². The summed E-state index contributed by atoms with van der Waals surface area (Å²) in [5.74, 6) is 0. The van der Waals surface area contributed by atoms with E-state index in [0.29, 0.717) is 5.37 Å². The highest BCUT2D eigenvalue weighted by Gasteiger charge is 2.28. The summed E-state index contributed by atoms with van der Waals surface area (Å²) in [7, 11) is 0. The number of para-hydroxylation sites is 2. The number of rotatable bonds is 7. The van der Waals surface area contributed by atoms with Crippen LogP contribution < -0.4 is 33.4 Å². The summed E-state index contributed by atoms with van der Waals surface area (Å²) >= 11 is 3.84. The van der Waals surface area contributed by atoms with Crippen LogP contribution in [0.5, 0.6) is 0 Å². The summed E-state index contributed by atoms with van der Waals surface area (Å²) in [5, 5.41) is 1.79. The van der Waals surface area contributed by atoms with E-state index in [1.165, 1.54) is 31.4 Å². The average Bonchev–Trinajstić information content (AvgIpc) is 3.30. The van der Waals surface area contributed by atoms with Crippen molar-refractivity contribution in [2.24, 2.45) is 0 Å². The number of aromatic nitrogens is 1. The van der Waals surface area contributed by atoms with Crippen LogP contribution in [0.15, 0.2) is 83.3 Å². The molecule has 2 heterocycles. The first-order valence-corrected chi connectivity index (χ1v) is 12.3. The van der Waals surface area contributed by atoms with Crippen molar-refractivity contribution in [2.45, 2.75) is 44.0 Å². The van der Waals surface area contributed by atoms with Gasteiger partial charge in [-0.25, -0.2) is 0 Å². The third-order valence-corrected chi connectivity index (χ3v) is 7.84. The molecule has 0 fully saturated rings. The van der Waals surface area contributed by atoms with Gasteiger partial charge in [-0.15, -0.1) is 0 Å². The van der Waals surface area contributed by atoms with Gasteiger partial charge in [0.05, 0.1) is 11.1 Å². The van der Waals surface area contributed by atoms with Gasteiger partial charge < -0.3 is 28.9 Å². The number of hydrogen-bond donors (Lipinski definition) is 0. The lowest BCUT2D eigenvalue weighted by Gasteiger charge is -2.25. The highest BCUT2D eigenvalue weighted by atomic mass is 127. The van der Waals surface area contributed by atoms with E-state index in [1.807, 2.05) is 23.1 Å². The van der Waals surface area contributed by atoms with Crippen molar-refractivity contribution in [1.29, 1.82) is 0 Å². The van der Waals surface area contributed by atoms with Crippen molar-refractivity contribution < 1.29 is 28.5 Å². The van der Waals surface area contributed by atoms with E-state index in [0.717, 1.165) is 19.5 Å². The Morgan fingerprint density at radius 3 is 2.61 bits per heavy atom. The van der Waals surface area contributed by atoms with Crippen LogP contribution in [0, 0.1) is 0 Å². The lowest BCUT2D eigenvalue weighted by molar-refractivity contribution is -0.665. The molecule has 1 aromatic heterocycles. The Labute approximate surface area is 211 Å². The lowest BCUT2D eigenvalue weighted by atomic mass is 10.1. The lowest BCUT2D eigenvalue weighted by Crippen LogP contribution is -3.00. The molecule has 1 aliphatic rings. The molecular weight excluding hydrogens is 531 g/mol. The van der Waals surface area contributed by atoms with Crippen LogP contribution in [0.25, 0.3) is 16.3 Å². The van der Waals surface area contributed by atoms with Crippen molar-refractivity contribution in [3.63, 3.8) is 0 Å². The minimum absolute atomic E-state index is 0. The molecule has 0 bridgehead atoms. The SMILES string of the molecule is CCN1c2ccccc2SC1CC(C)=CC=CC=Cc1sc2ccccc2[n+]1CC.[I-]. The molecule has 0 saturated carbocycles. The Kier molecular flexibility index (Phi) is 8.81. The van der Waals surface area contributed by atoms with Gasteiger partial charge in [-0.1, -0.05) is 77.2 Å². The van der Waals surface area contributed by atoms with Gasteiger partial charge in [-0.2, -0.15) is 4.57 Å². The van der Waals surface area contributed by atoms with E-state index in [-0.39, 0.29) is 24.0 Å². The molecule has 162 valence electrons. The monoisotopic (exact) mass is 560 g/mol. The summed E-state index contributed by atoms with van der Waals surface area (Å²) < 4.78 is 3.72. The van der Waals surface area contributed by atoms with Crippen LogP contribution in [0.3, 0.4) is 0 Å². The molecule has 1 aliphatic heterocycles. The first-order valence-electron chi connectivity index (χ1n) is 10.7. The van der Waals surface area contributed by atoms with Crippen molar-refractivity contribution in [1.82, 2.24) is 0 Å². The summed E-state index contributed by atoms with van der Waals surface area (Å²) in [4.78, 5) is 3.93. The second-order valence-electron chi connectivity index (χ2n) is 7.44. The zero-order valence-corrected chi connectivity index (χ0v) is 22.1. The van der Waals surface area contributed by atoms with Gasteiger partial charge >= 0.3 is 0 Å². The number of allylic oxidation sites excluding steroid dienone is 4. The minimum atomic E-state index is 0. The minimum Gasteiger partial charge on any atom is -1.00 e. The quantitative estimate of drug-likeness (QED) is 0.244. The van der Waals surface area contributed by atoms with Crippen molar-refractivity contribution in [2.75, 3.05) is 11.4 Å². The van der Waals surface area contributed by atoms with Gasteiger partial charge in [0, 0.05) is 23.6 Å². The number of fused-ring (bicyclic) bond motifs is 2. The van der Waals surface area contributed by atoms with Crippen LogP contribution in [0.2, 0.25) is 0 Å². The summed E-state index contributed by atoms with van der Waals surface area (Å²) in [6, 6.07) is 17.4. The van der Waals surface area contributed by atoms with Crippen molar-refractivity contribution in [3.05, 3.63) is 83.4 Å². The van der Waals surface area contributed by atoms with Crippen LogP contribution in [0.4, 0.5) is 5.69 Å². The van der Waals surface area contributed by atoms with E-state index in [2.05, 4.69) is 109 Å². The Balaban J connectivity index is 0.00000272. The second-order valence-corrected chi connectivity index (χ2v) is 9.72. The largest absolute Gasteiger partial charge is 1.00 e. The summed E-state index contributed by atoms with van der Waals surface area (Å²) in [6.07, 6.45) is 12.0. The third kappa shape index (κ3) is 5.44. The Bertz CT molecular complexity index is 1110. The van der Waals surface area contributed by atoms with Gasteiger partial charge in [0.25, 0.3) is 5.01 Å². The van der Waals surface area contributed by atoms with Crippen LogP contribution in [-0.2, 0) is 6.54 Å². The number of hydrogen-bond acceptors (Lipinski definition) is 3. The van der Waals surface area contributed by atoms with Gasteiger partial charge in [-0.3, -0.25) is 0 Å². The predicted molar refractivity (Wildman–Crippen MR) is 133 cm³/mol. The van der Waals surface area contributed by atoms with E-state index in [4.69, 9.17) is 0 Å². The molecule has 3 aromatic rings. The maximum Gasteiger partial charge on any atom is 0.262 e. The molecule has 1 unspecified atom stereocenters. The molecule has 0 saturated heterocycles. The molecule has 1 atom stereocenters. The molecule has 0 N–H and O–H groups in total. The van der Waals surface area contributed by atoms with E-state index < -0.39 is 0 Å². The average molecular weight is 561 g/mol. The Hall–Kier alpha value is -1.57. The Morgan fingerprint density at radius 2 is 1.81 bits per heavy atom. The number of anilines is 1. The number of thioether (sulfide) groups is 1. The molecule has 5 heteroatoms. The van der Waals surface area contributed by atoms with E-state index in [9.17, 15) is 0 Å². The van der Waals surface area contributed by atoms with Gasteiger partial charge in [0.1, 0.15) is 11.2 Å². The van der Waals surface area contributed by atoms with Gasteiger partial charge in [0.2, 0.25) is 5.52 Å². The van der Waals surface area contributed by atoms with Crippen LogP contribution >= 0.6 is 23.1 Å². The topological polar surface area (TPSA) is 7.12 Å². The van der Waals surface area contributed by atoms with E-state index >= 15 is 0 Å². The maximum atomic E-state index is 2.52. The van der Waals surface area contributed by atoms with E-state index in [1.54, 1.807) is 0 Å². The highest BCUT2D eigenvalue weighted by Crippen LogP contribution is 2.44. The van der Waals surface area contributed by atoms with Crippen molar-refractivity contribution >= 4 is 45.1 Å². The fourth-order valence-corrected chi connectivity index (χ4v) is 6.59. The number of nitrogens with zero attached hydrogens (tertiary/aromatic N) is 2. The molecule has 2 aromatic carbocycles. The molecule has 31 heavy (non-hydrogen) atoms. The molecule has 0 aliphatic carbocycles. The zero-order chi connectivity index (χ0) is 20.9. The normalized spacial score (nSPS) is 16.4. The van der Waals surface area contributed by atoms with Gasteiger partial charge in [0.15, 0.2) is 0 Å². The van der Waals surface area contributed by atoms with Crippen LogP contribution in [0.1, 0.15) is 32.2 Å². The number of thiazole rings is 1. The molecule has 4 rings (SSSR count). The first kappa shape index (κ1) is 24.1. The molecular formula is C26H29IN2S2. The number of aryl methyl sites for hydroxylation is 1. The molecule has 2 nitrogen and oxygen atoms in total. The standard InChI is InChI=1S/C26H29N2S2.HI/c1-4-27-21-14-9-11-16-23(21)29-25(27)18-8-6-7-13-20(3)19-26-28(5-2)22-15-10-12-17-24(22)30-26;/h6-18,26H,4-5,19H2,1-3H3;1H/q+1;/p-1. The van der Waals surface area contributed by atoms with Crippen LogP contribution in [-0.4, -0.2) is 11.9 Å². The number of benzene rings is 2. The Morgan fingerprint density at radius 1 is 1.03 bits per heavy atom. The maximum absolute atomic E-state index is 2.52. The van der Waals surface area contributed by atoms with Gasteiger partial charge in [-0.05, 0) is 45.4 Å². The molecule has 0 amide bonds. The number of halogens is 1. The summed E-state index contributed by atoms with van der Waals surface area (Å²) in [5.41, 5.74) is 4.11. The smallest absolute Gasteiger partial charge is 0.262 e. The zero-order valence-electron chi connectivity index (χ0n) is 18.3. The fraction of sp³-hybridized carbons (Fsp3) is 0.269. The molecule has 0 radical (unpaired) electrons. The first-order chi connectivity index (χ1) is 14.7. The second kappa shape index (κ2) is 11.3. The highest BCUT2D eigenvalue weighted by molar-refractivity contribution is 8.00.